The van der Waals surface area contributed by atoms with E-state index in [1.807, 2.05) is 6.07 Å². The van der Waals surface area contributed by atoms with Crippen LogP contribution in [-0.4, -0.2) is 53.7 Å². The summed E-state index contributed by atoms with van der Waals surface area (Å²) in [5, 5.41) is 11.4. The number of piperidine rings is 1. The Morgan fingerprint density at radius 3 is 2.61 bits per heavy atom. The third-order valence-corrected chi connectivity index (χ3v) is 6.67. The summed E-state index contributed by atoms with van der Waals surface area (Å²) < 4.78 is 0. The van der Waals surface area contributed by atoms with Crippen LogP contribution in [0.1, 0.15) is 47.3 Å². The molecule has 1 aromatic carbocycles. The van der Waals surface area contributed by atoms with Crippen LogP contribution in [-0.2, 0) is 5.41 Å². The number of anilines is 1. The Hall–Kier alpha value is -2.44. The number of hydrogen-bond acceptors (Lipinski definition) is 5. The summed E-state index contributed by atoms with van der Waals surface area (Å²) in [6.07, 6.45) is 2.87. The van der Waals surface area contributed by atoms with E-state index in [2.05, 4.69) is 53.0 Å². The summed E-state index contributed by atoms with van der Waals surface area (Å²) in [5.74, 6) is 0.385. The summed E-state index contributed by atoms with van der Waals surface area (Å²) in [4.78, 5) is 20.1. The quantitative estimate of drug-likeness (QED) is 0.849. The van der Waals surface area contributed by atoms with Crippen molar-refractivity contribution in [3.63, 3.8) is 0 Å². The van der Waals surface area contributed by atoms with Crippen LogP contribution in [0.2, 0.25) is 0 Å². The number of hydrogen-bond donors (Lipinski definition) is 2. The molecular formula is C22H28N4O2. The number of benzene rings is 1. The molecule has 1 aromatic heterocycles. The molecule has 1 fully saturated rings. The van der Waals surface area contributed by atoms with E-state index in [-0.39, 0.29) is 11.5 Å². The lowest BCUT2D eigenvalue weighted by Gasteiger charge is -2.44. The number of aromatic nitrogens is 1. The molecule has 0 saturated carbocycles. The van der Waals surface area contributed by atoms with Crippen molar-refractivity contribution in [1.82, 2.24) is 9.88 Å². The molecule has 6 heteroatoms. The first-order valence-corrected chi connectivity index (χ1v) is 9.96. The Balaban J connectivity index is 1.58. The van der Waals surface area contributed by atoms with Gasteiger partial charge >= 0.3 is 0 Å². The van der Waals surface area contributed by atoms with E-state index in [9.17, 15) is 9.90 Å². The minimum absolute atomic E-state index is 0.0423. The van der Waals surface area contributed by atoms with E-state index < -0.39 is 12.0 Å². The van der Waals surface area contributed by atoms with Gasteiger partial charge in [0.15, 0.2) is 0 Å². The van der Waals surface area contributed by atoms with Crippen LogP contribution in [0.15, 0.2) is 42.6 Å². The van der Waals surface area contributed by atoms with Crippen LogP contribution in [0.3, 0.4) is 0 Å². The van der Waals surface area contributed by atoms with E-state index in [1.165, 1.54) is 17.3 Å². The summed E-state index contributed by atoms with van der Waals surface area (Å²) in [6.45, 7) is 4.66. The highest BCUT2D eigenvalue weighted by Gasteiger charge is 2.53. The zero-order chi connectivity index (χ0) is 19.9. The van der Waals surface area contributed by atoms with Crippen molar-refractivity contribution < 1.29 is 9.90 Å². The number of aliphatic hydroxyl groups is 1. The van der Waals surface area contributed by atoms with E-state index in [0.717, 1.165) is 38.3 Å². The number of aliphatic hydroxyl groups excluding tert-OH is 1. The molecule has 28 heavy (non-hydrogen) atoms. The van der Waals surface area contributed by atoms with Gasteiger partial charge in [-0.2, -0.15) is 0 Å². The molecule has 2 aromatic rings. The third-order valence-electron chi connectivity index (χ3n) is 6.67. The van der Waals surface area contributed by atoms with E-state index in [1.54, 1.807) is 6.07 Å². The largest absolute Gasteiger partial charge is 0.390 e. The molecule has 3 N–H and O–H groups in total. The summed E-state index contributed by atoms with van der Waals surface area (Å²) in [5.41, 5.74) is 8.07. The second kappa shape index (κ2) is 7.18. The predicted molar refractivity (Wildman–Crippen MR) is 109 cm³/mol. The Bertz CT molecular complexity index is 859. The first-order chi connectivity index (χ1) is 13.5. The number of amides is 1. The lowest BCUT2D eigenvalue weighted by molar-refractivity contribution is 0.0105. The van der Waals surface area contributed by atoms with Crippen LogP contribution >= 0.6 is 0 Å². The fourth-order valence-corrected chi connectivity index (χ4v) is 4.93. The molecule has 4 rings (SSSR count). The van der Waals surface area contributed by atoms with E-state index in [0.29, 0.717) is 5.56 Å². The van der Waals surface area contributed by atoms with Gasteiger partial charge in [0, 0.05) is 24.7 Å². The zero-order valence-corrected chi connectivity index (χ0v) is 16.5. The van der Waals surface area contributed by atoms with Crippen LogP contribution in [0, 0.1) is 0 Å². The first kappa shape index (κ1) is 18.9. The lowest BCUT2D eigenvalue weighted by Crippen LogP contribution is -2.49. The molecule has 148 valence electrons. The van der Waals surface area contributed by atoms with Gasteiger partial charge in [-0.15, -0.1) is 0 Å². The van der Waals surface area contributed by atoms with Gasteiger partial charge in [0.1, 0.15) is 5.82 Å². The second-order valence-corrected chi connectivity index (χ2v) is 7.96. The molecule has 2 atom stereocenters. The lowest BCUT2D eigenvalue weighted by atomic mass is 9.72. The highest BCUT2D eigenvalue weighted by Crippen LogP contribution is 2.52. The maximum Gasteiger partial charge on any atom is 0.250 e. The normalized spacial score (nSPS) is 23.2. The van der Waals surface area contributed by atoms with Crippen molar-refractivity contribution in [3.05, 3.63) is 59.3 Å². The number of carbonyl (C=O) groups is 1. The number of fused-ring (bicyclic) bond motifs is 2. The van der Waals surface area contributed by atoms with E-state index >= 15 is 0 Å². The molecule has 1 spiro atoms. The van der Waals surface area contributed by atoms with Gasteiger partial charge in [-0.3, -0.25) is 9.69 Å². The molecule has 2 heterocycles. The fraction of sp³-hybridized carbons (Fsp3) is 0.455. The standard InChI is InChI=1S/C22H28N4O2/c1-3-25(2)19-16-6-4-5-7-17(16)22(20(19)27)10-12-26(13-11-22)18-9-8-15(14-24-18)21(23)28/h4-9,14,19-20,27H,3,10-13H2,1-2H3,(H2,23,28)/t19-,20+/m0/s1. The molecule has 0 bridgehead atoms. The van der Waals surface area contributed by atoms with Crippen molar-refractivity contribution >= 4 is 11.7 Å². The maximum absolute atomic E-state index is 11.4. The number of nitrogens with two attached hydrogens (primary N) is 1. The average Bonchev–Trinajstić information content (AvgIpc) is 2.96. The van der Waals surface area contributed by atoms with Crippen molar-refractivity contribution in [3.8, 4) is 0 Å². The van der Waals surface area contributed by atoms with Crippen molar-refractivity contribution in [2.45, 2.75) is 37.3 Å². The second-order valence-electron chi connectivity index (χ2n) is 7.96. The number of carbonyl (C=O) groups excluding carboxylic acids is 1. The molecule has 0 unspecified atom stereocenters. The van der Waals surface area contributed by atoms with Gasteiger partial charge in [-0.25, -0.2) is 4.98 Å². The monoisotopic (exact) mass is 380 g/mol. The SMILES string of the molecule is CCN(C)[C@H]1c2ccccc2C2(CCN(c3ccc(C(N)=O)cn3)CC2)[C@@H]1O. The minimum atomic E-state index is -0.464. The summed E-state index contributed by atoms with van der Waals surface area (Å²) >= 11 is 0. The van der Waals surface area contributed by atoms with Crippen molar-refractivity contribution in [2.24, 2.45) is 5.73 Å². The number of rotatable bonds is 4. The van der Waals surface area contributed by atoms with Crippen LogP contribution in [0.25, 0.3) is 0 Å². The first-order valence-electron chi connectivity index (χ1n) is 9.96. The summed E-state index contributed by atoms with van der Waals surface area (Å²) in [7, 11) is 2.09. The Kier molecular flexibility index (Phi) is 4.85. The van der Waals surface area contributed by atoms with Gasteiger partial charge in [0.25, 0.3) is 0 Å². The third kappa shape index (κ3) is 2.88. The van der Waals surface area contributed by atoms with Gasteiger partial charge in [-0.05, 0) is 49.7 Å². The topological polar surface area (TPSA) is 82.7 Å². The number of pyridine rings is 1. The molecule has 1 amide bonds. The highest BCUT2D eigenvalue weighted by molar-refractivity contribution is 5.92. The smallest absolute Gasteiger partial charge is 0.250 e. The van der Waals surface area contributed by atoms with Crippen molar-refractivity contribution in [1.29, 1.82) is 0 Å². The molecule has 6 nitrogen and oxygen atoms in total. The van der Waals surface area contributed by atoms with Crippen molar-refractivity contribution in [2.75, 3.05) is 31.6 Å². The molecular weight excluding hydrogens is 352 g/mol. The van der Waals surface area contributed by atoms with Gasteiger partial charge < -0.3 is 15.7 Å². The molecule has 1 saturated heterocycles. The highest BCUT2D eigenvalue weighted by atomic mass is 16.3. The van der Waals surface area contributed by atoms with Crippen LogP contribution in [0.5, 0.6) is 0 Å². The van der Waals surface area contributed by atoms with Gasteiger partial charge in [-0.1, -0.05) is 31.2 Å². The summed E-state index contributed by atoms with van der Waals surface area (Å²) in [6, 6.07) is 12.1. The Labute approximate surface area is 166 Å². The number of nitrogens with zero attached hydrogens (tertiary/aromatic N) is 3. The Morgan fingerprint density at radius 2 is 2.00 bits per heavy atom. The van der Waals surface area contributed by atoms with Crippen LogP contribution < -0.4 is 10.6 Å². The minimum Gasteiger partial charge on any atom is -0.390 e. The predicted octanol–water partition coefficient (Wildman–Crippen LogP) is 2.09. The van der Waals surface area contributed by atoms with Gasteiger partial charge in [0.2, 0.25) is 5.91 Å². The Morgan fingerprint density at radius 1 is 1.29 bits per heavy atom. The van der Waals surface area contributed by atoms with Gasteiger partial charge in [0.05, 0.1) is 17.7 Å². The maximum atomic E-state index is 11.4. The molecule has 1 aliphatic carbocycles. The average molecular weight is 380 g/mol. The van der Waals surface area contributed by atoms with Crippen LogP contribution in [0.4, 0.5) is 5.82 Å². The van der Waals surface area contributed by atoms with E-state index in [4.69, 9.17) is 5.73 Å². The molecule has 1 aliphatic heterocycles. The number of likely N-dealkylation sites (N-methyl/N-ethyl adjacent to an activating group) is 1. The zero-order valence-electron chi connectivity index (χ0n) is 16.5. The number of primary amides is 1. The fourth-order valence-electron chi connectivity index (χ4n) is 4.93. The molecule has 2 aliphatic rings. The molecule has 0 radical (unpaired) electrons.